The molecule has 4 heterocycles. The lowest BCUT2D eigenvalue weighted by atomic mass is 9.98. The van der Waals surface area contributed by atoms with Crippen molar-refractivity contribution in [2.45, 2.75) is 70.4 Å². The molecule has 6 heteroatoms. The molecule has 1 unspecified atom stereocenters. The second-order valence-electron chi connectivity index (χ2n) is 8.33. The summed E-state index contributed by atoms with van der Waals surface area (Å²) < 4.78 is 0. The highest BCUT2D eigenvalue weighted by atomic mass is 16.2. The standard InChI is InChI=1S/C21H33N5O/c27-20-8-6-13-24(20)14-9-19-7-2-5-12-26(19)17-18-15-22-21(23-16-18)25-10-3-1-4-11-25/h15-16,19H,1-14,17H2. The van der Waals surface area contributed by atoms with E-state index in [1.54, 1.807) is 0 Å². The molecule has 3 aliphatic heterocycles. The van der Waals surface area contributed by atoms with Crippen LogP contribution in [0.1, 0.15) is 63.4 Å². The zero-order valence-corrected chi connectivity index (χ0v) is 16.5. The molecule has 3 aliphatic rings. The molecule has 6 nitrogen and oxygen atoms in total. The Morgan fingerprint density at radius 3 is 2.44 bits per heavy atom. The maximum absolute atomic E-state index is 11.9. The van der Waals surface area contributed by atoms with Gasteiger partial charge in [0.2, 0.25) is 11.9 Å². The van der Waals surface area contributed by atoms with Gasteiger partial charge in [0, 0.05) is 63.1 Å². The summed E-state index contributed by atoms with van der Waals surface area (Å²) in [6.45, 7) is 6.12. The molecule has 3 fully saturated rings. The molecule has 4 rings (SSSR count). The van der Waals surface area contributed by atoms with E-state index in [1.165, 1.54) is 44.1 Å². The first-order valence-corrected chi connectivity index (χ1v) is 10.9. The summed E-state index contributed by atoms with van der Waals surface area (Å²) in [4.78, 5) is 28.1. The number of carbonyl (C=O) groups excluding carboxylic acids is 1. The molecule has 1 atom stereocenters. The summed E-state index contributed by atoms with van der Waals surface area (Å²) in [5.41, 5.74) is 1.21. The zero-order valence-electron chi connectivity index (χ0n) is 16.5. The first-order valence-electron chi connectivity index (χ1n) is 10.9. The minimum Gasteiger partial charge on any atom is -0.343 e. The quantitative estimate of drug-likeness (QED) is 0.770. The molecule has 0 saturated carbocycles. The third-order valence-electron chi connectivity index (χ3n) is 6.37. The molecule has 0 aliphatic carbocycles. The lowest BCUT2D eigenvalue weighted by molar-refractivity contribution is -0.127. The Balaban J connectivity index is 1.32. The van der Waals surface area contributed by atoms with E-state index in [4.69, 9.17) is 0 Å². The number of amides is 1. The number of carbonyl (C=O) groups is 1. The van der Waals surface area contributed by atoms with E-state index in [1.807, 2.05) is 12.4 Å². The Labute approximate surface area is 162 Å². The Hall–Kier alpha value is -1.69. The molecule has 0 spiro atoms. The van der Waals surface area contributed by atoms with E-state index < -0.39 is 0 Å². The zero-order chi connectivity index (χ0) is 18.5. The molecule has 148 valence electrons. The minimum absolute atomic E-state index is 0.346. The van der Waals surface area contributed by atoms with Crippen LogP contribution in [-0.4, -0.2) is 64.4 Å². The molecule has 1 amide bonds. The topological polar surface area (TPSA) is 52.6 Å². The maximum Gasteiger partial charge on any atom is 0.225 e. The third kappa shape index (κ3) is 4.78. The molecular formula is C21H33N5O. The Morgan fingerprint density at radius 2 is 1.70 bits per heavy atom. The summed E-state index contributed by atoms with van der Waals surface area (Å²) in [5, 5.41) is 0. The van der Waals surface area contributed by atoms with Crippen LogP contribution in [0, 0.1) is 0 Å². The fourth-order valence-electron chi connectivity index (χ4n) is 4.76. The van der Waals surface area contributed by atoms with Crippen molar-refractivity contribution in [2.75, 3.05) is 37.6 Å². The van der Waals surface area contributed by atoms with E-state index in [0.29, 0.717) is 11.9 Å². The highest BCUT2D eigenvalue weighted by molar-refractivity contribution is 5.78. The van der Waals surface area contributed by atoms with E-state index in [9.17, 15) is 4.79 Å². The van der Waals surface area contributed by atoms with Gasteiger partial charge in [-0.3, -0.25) is 9.69 Å². The van der Waals surface area contributed by atoms with Crippen LogP contribution in [0.5, 0.6) is 0 Å². The van der Waals surface area contributed by atoms with Crippen LogP contribution >= 0.6 is 0 Å². The van der Waals surface area contributed by atoms with E-state index in [0.717, 1.165) is 64.5 Å². The van der Waals surface area contributed by atoms with Gasteiger partial charge in [-0.1, -0.05) is 6.42 Å². The predicted molar refractivity (Wildman–Crippen MR) is 107 cm³/mol. The first-order chi connectivity index (χ1) is 13.3. The number of likely N-dealkylation sites (tertiary alicyclic amines) is 2. The summed E-state index contributed by atoms with van der Waals surface area (Å²) >= 11 is 0. The normalized spacial score (nSPS) is 24.6. The molecule has 0 aromatic carbocycles. The van der Waals surface area contributed by atoms with Crippen molar-refractivity contribution in [2.24, 2.45) is 0 Å². The number of anilines is 1. The maximum atomic E-state index is 11.9. The number of nitrogens with zero attached hydrogens (tertiary/aromatic N) is 5. The molecule has 0 radical (unpaired) electrons. The van der Waals surface area contributed by atoms with Gasteiger partial charge in [0.05, 0.1) is 0 Å². The molecule has 3 saturated heterocycles. The average molecular weight is 372 g/mol. The van der Waals surface area contributed by atoms with Crippen molar-refractivity contribution in [3.8, 4) is 0 Å². The number of piperidine rings is 2. The average Bonchev–Trinajstić information content (AvgIpc) is 3.13. The smallest absolute Gasteiger partial charge is 0.225 e. The van der Waals surface area contributed by atoms with Gasteiger partial charge >= 0.3 is 0 Å². The minimum atomic E-state index is 0.346. The lowest BCUT2D eigenvalue weighted by Crippen LogP contribution is -2.41. The van der Waals surface area contributed by atoms with Gasteiger partial charge in [-0.05, 0) is 51.5 Å². The molecule has 1 aromatic rings. The van der Waals surface area contributed by atoms with Crippen LogP contribution in [0.3, 0.4) is 0 Å². The number of hydrogen-bond acceptors (Lipinski definition) is 5. The van der Waals surface area contributed by atoms with E-state index in [-0.39, 0.29) is 0 Å². The third-order valence-corrected chi connectivity index (χ3v) is 6.37. The second-order valence-corrected chi connectivity index (χ2v) is 8.33. The largest absolute Gasteiger partial charge is 0.343 e. The Kier molecular flexibility index (Phi) is 6.22. The number of aromatic nitrogens is 2. The van der Waals surface area contributed by atoms with Crippen molar-refractivity contribution < 1.29 is 4.79 Å². The van der Waals surface area contributed by atoms with Gasteiger partial charge in [-0.25, -0.2) is 9.97 Å². The first kappa shape index (κ1) is 18.7. The van der Waals surface area contributed by atoms with Crippen LogP contribution in [0.4, 0.5) is 5.95 Å². The summed E-state index contributed by atoms with van der Waals surface area (Å²) in [7, 11) is 0. The summed E-state index contributed by atoms with van der Waals surface area (Å²) in [6, 6.07) is 0.578. The van der Waals surface area contributed by atoms with E-state index >= 15 is 0 Å². The number of rotatable bonds is 6. The van der Waals surface area contributed by atoms with Gasteiger partial charge in [0.25, 0.3) is 0 Å². The highest BCUT2D eigenvalue weighted by Gasteiger charge is 2.26. The fourth-order valence-corrected chi connectivity index (χ4v) is 4.76. The summed E-state index contributed by atoms with van der Waals surface area (Å²) in [5.74, 6) is 1.24. The predicted octanol–water partition coefficient (Wildman–Crippen LogP) is 2.83. The van der Waals surface area contributed by atoms with Crippen LogP contribution in [-0.2, 0) is 11.3 Å². The van der Waals surface area contributed by atoms with Gasteiger partial charge in [-0.15, -0.1) is 0 Å². The van der Waals surface area contributed by atoms with Crippen LogP contribution in [0.2, 0.25) is 0 Å². The SMILES string of the molecule is O=C1CCCN1CCC1CCCCN1Cc1cnc(N2CCCCC2)nc1. The summed E-state index contributed by atoms with van der Waals surface area (Å²) in [6.07, 6.45) is 14.6. The van der Waals surface area contributed by atoms with Crippen molar-refractivity contribution in [3.63, 3.8) is 0 Å². The van der Waals surface area contributed by atoms with Crippen molar-refractivity contribution in [1.29, 1.82) is 0 Å². The lowest BCUT2D eigenvalue weighted by Gasteiger charge is -2.36. The molecule has 0 bridgehead atoms. The van der Waals surface area contributed by atoms with Gasteiger partial charge in [0.1, 0.15) is 0 Å². The highest BCUT2D eigenvalue weighted by Crippen LogP contribution is 2.23. The Bertz CT molecular complexity index is 614. The van der Waals surface area contributed by atoms with Crippen molar-refractivity contribution >= 4 is 11.9 Å². The van der Waals surface area contributed by atoms with Gasteiger partial charge in [0.15, 0.2) is 0 Å². The number of hydrogen-bond donors (Lipinski definition) is 0. The molecule has 1 aromatic heterocycles. The van der Waals surface area contributed by atoms with Crippen molar-refractivity contribution in [1.82, 2.24) is 19.8 Å². The van der Waals surface area contributed by atoms with E-state index in [2.05, 4.69) is 24.7 Å². The molecular weight excluding hydrogens is 338 g/mol. The van der Waals surface area contributed by atoms with Gasteiger partial charge < -0.3 is 9.80 Å². The van der Waals surface area contributed by atoms with Crippen LogP contribution in [0.25, 0.3) is 0 Å². The van der Waals surface area contributed by atoms with Crippen LogP contribution in [0.15, 0.2) is 12.4 Å². The van der Waals surface area contributed by atoms with Crippen molar-refractivity contribution in [3.05, 3.63) is 18.0 Å². The molecule has 0 N–H and O–H groups in total. The monoisotopic (exact) mass is 371 g/mol. The second kappa shape index (κ2) is 9.00. The van der Waals surface area contributed by atoms with Crippen LogP contribution < -0.4 is 4.90 Å². The fraction of sp³-hybridized carbons (Fsp3) is 0.762. The Morgan fingerprint density at radius 1 is 0.926 bits per heavy atom. The van der Waals surface area contributed by atoms with Gasteiger partial charge in [-0.2, -0.15) is 0 Å². The molecule has 27 heavy (non-hydrogen) atoms.